The van der Waals surface area contributed by atoms with E-state index in [2.05, 4.69) is 4.98 Å². The Balaban J connectivity index is 1.85. The Hall–Kier alpha value is -2.95. The van der Waals surface area contributed by atoms with E-state index in [4.69, 9.17) is 4.74 Å². The van der Waals surface area contributed by atoms with Gasteiger partial charge in [0.2, 0.25) is 0 Å². The summed E-state index contributed by atoms with van der Waals surface area (Å²) in [6, 6.07) is 12.6. The second kappa shape index (κ2) is 5.35. The first-order valence-corrected chi connectivity index (χ1v) is 7.27. The molecule has 0 bridgehead atoms. The molecule has 2 heterocycles. The topological polar surface area (TPSA) is 44.1 Å². The Bertz CT molecular complexity index is 844. The third-order valence-corrected chi connectivity index (χ3v) is 4.01. The molecule has 23 heavy (non-hydrogen) atoms. The summed E-state index contributed by atoms with van der Waals surface area (Å²) in [6.45, 7) is 0. The van der Waals surface area contributed by atoms with Gasteiger partial charge >= 0.3 is 0 Å². The molecule has 1 aliphatic heterocycles. The highest BCUT2D eigenvalue weighted by Crippen LogP contribution is 2.41. The summed E-state index contributed by atoms with van der Waals surface area (Å²) < 4.78 is 21.0. The molecule has 0 unspecified atom stereocenters. The molecule has 0 aliphatic carbocycles. The molecule has 0 spiro atoms. The van der Waals surface area contributed by atoms with Crippen molar-refractivity contribution in [3.8, 4) is 5.75 Å². The molecule has 2 atom stereocenters. The molecule has 0 fully saturated rings. The van der Waals surface area contributed by atoms with E-state index in [1.54, 1.807) is 47.6 Å². The molecule has 0 radical (unpaired) electrons. The SMILES string of the molecule is O=C1c2ccccc2O[C@@H](c2ccc(F)cc2)[C@@H]1n1ccnc1. The number of fused-ring (bicyclic) bond motifs is 1. The van der Waals surface area contributed by atoms with Gasteiger partial charge < -0.3 is 9.30 Å². The van der Waals surface area contributed by atoms with Crippen LogP contribution in [0.5, 0.6) is 5.75 Å². The van der Waals surface area contributed by atoms with Crippen molar-refractivity contribution in [3.63, 3.8) is 0 Å². The fourth-order valence-corrected chi connectivity index (χ4v) is 2.90. The van der Waals surface area contributed by atoms with Gasteiger partial charge in [-0.2, -0.15) is 0 Å². The fourth-order valence-electron chi connectivity index (χ4n) is 2.90. The smallest absolute Gasteiger partial charge is 0.193 e. The highest BCUT2D eigenvalue weighted by molar-refractivity contribution is 6.02. The summed E-state index contributed by atoms with van der Waals surface area (Å²) in [4.78, 5) is 17.0. The number of aromatic nitrogens is 2. The van der Waals surface area contributed by atoms with Gasteiger partial charge in [-0.05, 0) is 29.8 Å². The Morgan fingerprint density at radius 2 is 1.87 bits per heavy atom. The Morgan fingerprint density at radius 1 is 1.09 bits per heavy atom. The minimum atomic E-state index is -0.571. The maximum atomic E-state index is 13.2. The van der Waals surface area contributed by atoms with Gasteiger partial charge in [-0.3, -0.25) is 4.79 Å². The first-order chi connectivity index (χ1) is 11.2. The third kappa shape index (κ3) is 2.30. The van der Waals surface area contributed by atoms with Gasteiger partial charge in [0.15, 0.2) is 11.9 Å². The lowest BCUT2D eigenvalue weighted by Crippen LogP contribution is -2.33. The van der Waals surface area contributed by atoms with Crippen molar-refractivity contribution in [3.05, 3.63) is 84.2 Å². The molecule has 1 aliphatic rings. The molecule has 2 aromatic carbocycles. The summed E-state index contributed by atoms with van der Waals surface area (Å²) >= 11 is 0. The van der Waals surface area contributed by atoms with Crippen molar-refractivity contribution in [1.82, 2.24) is 9.55 Å². The first-order valence-electron chi connectivity index (χ1n) is 7.27. The standard InChI is InChI=1S/C18H13FN2O2/c19-13-7-5-12(6-8-13)18-16(21-10-9-20-11-21)17(22)14-3-1-2-4-15(14)23-18/h1-11,16,18H/t16-,18+/m1/s1. The minimum Gasteiger partial charge on any atom is -0.482 e. The average Bonchev–Trinajstić information content (AvgIpc) is 3.09. The van der Waals surface area contributed by atoms with Crippen LogP contribution in [0.3, 0.4) is 0 Å². The number of ketones is 1. The van der Waals surface area contributed by atoms with Crippen LogP contribution in [-0.2, 0) is 0 Å². The van der Waals surface area contributed by atoms with E-state index >= 15 is 0 Å². The van der Waals surface area contributed by atoms with Crippen LogP contribution in [0.1, 0.15) is 28.1 Å². The maximum absolute atomic E-state index is 13.2. The lowest BCUT2D eigenvalue weighted by atomic mass is 9.91. The largest absolute Gasteiger partial charge is 0.482 e. The predicted molar refractivity (Wildman–Crippen MR) is 81.8 cm³/mol. The van der Waals surface area contributed by atoms with Crippen molar-refractivity contribution in [2.24, 2.45) is 0 Å². The molecule has 1 aromatic heterocycles. The van der Waals surface area contributed by atoms with Crippen LogP contribution in [0.15, 0.2) is 67.3 Å². The van der Waals surface area contributed by atoms with Crippen LogP contribution in [0.2, 0.25) is 0 Å². The number of carbonyl (C=O) groups is 1. The fraction of sp³-hybridized carbons (Fsp3) is 0.111. The van der Waals surface area contributed by atoms with E-state index in [1.807, 2.05) is 12.1 Å². The Kier molecular flexibility index (Phi) is 3.19. The molecule has 0 saturated carbocycles. The third-order valence-electron chi connectivity index (χ3n) is 4.01. The second-order valence-corrected chi connectivity index (χ2v) is 5.41. The van der Waals surface area contributed by atoms with Crippen LogP contribution < -0.4 is 4.74 Å². The quantitative estimate of drug-likeness (QED) is 0.727. The number of halogens is 1. The first kappa shape index (κ1) is 13.7. The number of para-hydroxylation sites is 1. The summed E-state index contributed by atoms with van der Waals surface area (Å²) in [5.41, 5.74) is 1.29. The van der Waals surface area contributed by atoms with Crippen molar-refractivity contribution < 1.29 is 13.9 Å². The number of ether oxygens (including phenoxy) is 1. The van der Waals surface area contributed by atoms with Gasteiger partial charge in [-0.15, -0.1) is 0 Å². The lowest BCUT2D eigenvalue weighted by Gasteiger charge is -2.33. The van der Waals surface area contributed by atoms with Crippen molar-refractivity contribution >= 4 is 5.78 Å². The molecule has 4 nitrogen and oxygen atoms in total. The zero-order valence-electron chi connectivity index (χ0n) is 12.1. The van der Waals surface area contributed by atoms with Crippen molar-refractivity contribution in [2.45, 2.75) is 12.1 Å². The van der Waals surface area contributed by atoms with Gasteiger partial charge in [-0.1, -0.05) is 24.3 Å². The molecule has 5 heteroatoms. The molecular formula is C18H13FN2O2. The van der Waals surface area contributed by atoms with E-state index in [0.29, 0.717) is 11.3 Å². The average molecular weight is 308 g/mol. The highest BCUT2D eigenvalue weighted by atomic mass is 19.1. The van der Waals surface area contributed by atoms with E-state index < -0.39 is 12.1 Å². The number of benzene rings is 2. The molecule has 3 aromatic rings. The number of hydrogen-bond donors (Lipinski definition) is 0. The summed E-state index contributed by atoms with van der Waals surface area (Å²) in [5.74, 6) is 0.179. The highest BCUT2D eigenvalue weighted by Gasteiger charge is 2.39. The normalized spacial score (nSPS) is 20.0. The molecule has 4 rings (SSSR count). The van der Waals surface area contributed by atoms with Crippen LogP contribution >= 0.6 is 0 Å². The number of hydrogen-bond acceptors (Lipinski definition) is 3. The zero-order chi connectivity index (χ0) is 15.8. The molecular weight excluding hydrogens is 295 g/mol. The van der Waals surface area contributed by atoms with Crippen LogP contribution in [-0.4, -0.2) is 15.3 Å². The van der Waals surface area contributed by atoms with E-state index in [-0.39, 0.29) is 11.6 Å². The number of nitrogens with zero attached hydrogens (tertiary/aromatic N) is 2. The molecule has 114 valence electrons. The number of carbonyl (C=O) groups excluding carboxylic acids is 1. The number of rotatable bonds is 2. The molecule has 0 saturated heterocycles. The van der Waals surface area contributed by atoms with Gasteiger partial charge in [0.1, 0.15) is 17.6 Å². The van der Waals surface area contributed by atoms with Crippen LogP contribution in [0.4, 0.5) is 4.39 Å². The van der Waals surface area contributed by atoms with Crippen molar-refractivity contribution in [2.75, 3.05) is 0 Å². The van der Waals surface area contributed by atoms with Gasteiger partial charge in [0.05, 0.1) is 11.9 Å². The van der Waals surface area contributed by atoms with E-state index in [1.165, 1.54) is 12.1 Å². The van der Waals surface area contributed by atoms with Crippen molar-refractivity contribution in [1.29, 1.82) is 0 Å². The van der Waals surface area contributed by atoms with E-state index in [9.17, 15) is 9.18 Å². The number of imidazole rings is 1. The molecule has 0 N–H and O–H groups in total. The lowest BCUT2D eigenvalue weighted by molar-refractivity contribution is 0.0677. The Labute approximate surface area is 132 Å². The second-order valence-electron chi connectivity index (χ2n) is 5.41. The number of Topliss-reactive ketones (excluding diaryl/α,β-unsaturated/α-hetero) is 1. The van der Waals surface area contributed by atoms with Gasteiger partial charge in [0.25, 0.3) is 0 Å². The Morgan fingerprint density at radius 3 is 2.61 bits per heavy atom. The van der Waals surface area contributed by atoms with Crippen LogP contribution in [0, 0.1) is 5.82 Å². The molecule has 0 amide bonds. The summed E-state index contributed by atoms with van der Waals surface area (Å²) in [7, 11) is 0. The minimum absolute atomic E-state index is 0.0424. The summed E-state index contributed by atoms with van der Waals surface area (Å²) in [6.07, 6.45) is 4.41. The monoisotopic (exact) mass is 308 g/mol. The zero-order valence-corrected chi connectivity index (χ0v) is 12.1. The van der Waals surface area contributed by atoms with Gasteiger partial charge in [0, 0.05) is 12.4 Å². The van der Waals surface area contributed by atoms with Crippen LogP contribution in [0.25, 0.3) is 0 Å². The van der Waals surface area contributed by atoms with E-state index in [0.717, 1.165) is 5.56 Å². The van der Waals surface area contributed by atoms with Gasteiger partial charge in [-0.25, -0.2) is 9.37 Å². The summed E-state index contributed by atoms with van der Waals surface area (Å²) in [5, 5.41) is 0. The maximum Gasteiger partial charge on any atom is 0.193 e. The predicted octanol–water partition coefficient (Wildman–Crippen LogP) is 3.58.